The summed E-state index contributed by atoms with van der Waals surface area (Å²) in [5.74, 6) is -1.07. The fourth-order valence-electron chi connectivity index (χ4n) is 1.55. The summed E-state index contributed by atoms with van der Waals surface area (Å²) in [5, 5.41) is 0.0523. The van der Waals surface area contributed by atoms with Gasteiger partial charge >= 0.3 is 0 Å². The fraction of sp³-hybridized carbons (Fsp3) is 0.417. The number of carbonyl (C=O) groups excluding carboxylic acids is 1. The van der Waals surface area contributed by atoms with Gasteiger partial charge < -0.3 is 5.73 Å². The monoisotopic (exact) mass is 243 g/mol. The first-order valence-corrected chi connectivity index (χ1v) is 5.54. The van der Waals surface area contributed by atoms with Gasteiger partial charge in [0.2, 0.25) is 0 Å². The van der Waals surface area contributed by atoms with Gasteiger partial charge in [-0.25, -0.2) is 4.39 Å². The molecule has 0 saturated heterocycles. The average molecular weight is 244 g/mol. The van der Waals surface area contributed by atoms with E-state index in [0.717, 1.165) is 0 Å². The van der Waals surface area contributed by atoms with Crippen molar-refractivity contribution < 1.29 is 9.18 Å². The molecule has 0 saturated carbocycles. The fourth-order valence-corrected chi connectivity index (χ4v) is 1.67. The molecule has 2 nitrogen and oxygen atoms in total. The molecule has 1 aromatic carbocycles. The highest BCUT2D eigenvalue weighted by Crippen LogP contribution is 2.23. The Hall–Kier alpha value is -0.930. The molecule has 1 aromatic rings. The third kappa shape index (κ3) is 2.80. The van der Waals surface area contributed by atoms with Crippen LogP contribution in [0.25, 0.3) is 0 Å². The quantitative estimate of drug-likeness (QED) is 0.884. The summed E-state index contributed by atoms with van der Waals surface area (Å²) in [5.41, 5.74) is 6.14. The lowest BCUT2D eigenvalue weighted by Crippen LogP contribution is -2.25. The van der Waals surface area contributed by atoms with Crippen molar-refractivity contribution in [1.29, 1.82) is 0 Å². The second-order valence-corrected chi connectivity index (χ2v) is 4.43. The number of carbonyl (C=O) groups is 1. The van der Waals surface area contributed by atoms with E-state index in [2.05, 4.69) is 0 Å². The average Bonchev–Trinajstić information content (AvgIpc) is 2.24. The van der Waals surface area contributed by atoms with Gasteiger partial charge in [0.05, 0.1) is 10.9 Å². The first-order chi connectivity index (χ1) is 7.47. The zero-order valence-electron chi connectivity index (χ0n) is 9.34. The Kier molecular flexibility index (Phi) is 4.44. The van der Waals surface area contributed by atoms with Crippen molar-refractivity contribution in [2.75, 3.05) is 6.54 Å². The lowest BCUT2D eigenvalue weighted by Gasteiger charge is -2.16. The normalized spacial score (nSPS) is 12.9. The van der Waals surface area contributed by atoms with Crippen LogP contribution in [0.1, 0.15) is 25.3 Å². The Bertz CT molecular complexity index is 393. The molecule has 1 rings (SSSR count). The van der Waals surface area contributed by atoms with E-state index in [1.165, 1.54) is 12.1 Å². The molecule has 2 N–H and O–H groups in total. The van der Waals surface area contributed by atoms with E-state index in [4.69, 9.17) is 17.3 Å². The summed E-state index contributed by atoms with van der Waals surface area (Å²) in [7, 11) is 0. The molecule has 0 aliphatic carbocycles. The van der Waals surface area contributed by atoms with Gasteiger partial charge in [-0.05, 0) is 17.7 Å². The highest BCUT2D eigenvalue weighted by Gasteiger charge is 2.22. The van der Waals surface area contributed by atoms with Crippen LogP contribution in [-0.2, 0) is 4.79 Å². The first kappa shape index (κ1) is 13.1. The summed E-state index contributed by atoms with van der Waals surface area (Å²) < 4.78 is 13.3. The summed E-state index contributed by atoms with van der Waals surface area (Å²) in [6.45, 7) is 3.78. The summed E-state index contributed by atoms with van der Waals surface area (Å²) in [6.07, 6.45) is 0. The van der Waals surface area contributed by atoms with Crippen molar-refractivity contribution in [3.8, 4) is 0 Å². The van der Waals surface area contributed by atoms with E-state index in [1.54, 1.807) is 19.9 Å². The van der Waals surface area contributed by atoms with Crippen LogP contribution < -0.4 is 5.73 Å². The standard InChI is InChI=1S/C12H15ClFNO/c1-7(2)12(16)9(6-15)8-3-4-10(13)11(14)5-8/h3-5,7,9H,6,15H2,1-2H3/t9-/m1/s1. The summed E-state index contributed by atoms with van der Waals surface area (Å²) in [4.78, 5) is 11.8. The van der Waals surface area contributed by atoms with Crippen LogP contribution in [0.2, 0.25) is 5.02 Å². The van der Waals surface area contributed by atoms with Gasteiger partial charge in [0.15, 0.2) is 0 Å². The SMILES string of the molecule is CC(C)C(=O)[C@H](CN)c1ccc(Cl)c(F)c1. The van der Waals surface area contributed by atoms with Crippen molar-refractivity contribution in [3.05, 3.63) is 34.6 Å². The molecule has 0 heterocycles. The maximum absolute atomic E-state index is 13.3. The maximum atomic E-state index is 13.3. The Labute approximate surface area is 99.6 Å². The molecule has 0 fully saturated rings. The van der Waals surface area contributed by atoms with Crippen molar-refractivity contribution >= 4 is 17.4 Å². The number of nitrogens with two attached hydrogens (primary N) is 1. The van der Waals surface area contributed by atoms with Gasteiger partial charge in [-0.1, -0.05) is 31.5 Å². The smallest absolute Gasteiger partial charge is 0.144 e. The van der Waals surface area contributed by atoms with E-state index in [1.807, 2.05) is 0 Å². The Morgan fingerprint density at radius 3 is 2.56 bits per heavy atom. The zero-order valence-corrected chi connectivity index (χ0v) is 10.1. The molecular weight excluding hydrogens is 229 g/mol. The van der Waals surface area contributed by atoms with Gasteiger partial charge in [-0.15, -0.1) is 0 Å². The molecule has 0 spiro atoms. The number of ketones is 1. The maximum Gasteiger partial charge on any atom is 0.144 e. The van der Waals surface area contributed by atoms with Gasteiger partial charge in [-0.3, -0.25) is 4.79 Å². The molecule has 16 heavy (non-hydrogen) atoms. The number of halogens is 2. The van der Waals surface area contributed by atoms with Gasteiger partial charge in [0.25, 0.3) is 0 Å². The molecule has 0 aromatic heterocycles. The molecule has 0 radical (unpaired) electrons. The number of hydrogen-bond acceptors (Lipinski definition) is 2. The highest BCUT2D eigenvalue weighted by atomic mass is 35.5. The van der Waals surface area contributed by atoms with Crippen LogP contribution in [0, 0.1) is 11.7 Å². The number of rotatable bonds is 4. The predicted octanol–water partition coefficient (Wildman–Crippen LogP) is 2.75. The Balaban J connectivity index is 3.04. The van der Waals surface area contributed by atoms with Crippen molar-refractivity contribution in [1.82, 2.24) is 0 Å². The van der Waals surface area contributed by atoms with Crippen LogP contribution in [0.5, 0.6) is 0 Å². The van der Waals surface area contributed by atoms with E-state index < -0.39 is 11.7 Å². The topological polar surface area (TPSA) is 43.1 Å². The molecule has 0 amide bonds. The van der Waals surface area contributed by atoms with Gasteiger partial charge in [0.1, 0.15) is 11.6 Å². The molecule has 88 valence electrons. The molecule has 0 aliphatic heterocycles. The third-order valence-corrected chi connectivity index (χ3v) is 2.80. The number of Topliss-reactive ketones (excluding diaryl/α,β-unsaturated/α-hetero) is 1. The summed E-state index contributed by atoms with van der Waals surface area (Å²) >= 11 is 5.58. The number of hydrogen-bond donors (Lipinski definition) is 1. The minimum atomic E-state index is -0.519. The van der Waals surface area contributed by atoms with Gasteiger partial charge in [-0.2, -0.15) is 0 Å². The van der Waals surface area contributed by atoms with Crippen molar-refractivity contribution in [3.63, 3.8) is 0 Å². The second kappa shape index (κ2) is 5.41. The minimum absolute atomic E-state index is 0.0178. The predicted molar refractivity (Wildman–Crippen MR) is 63.1 cm³/mol. The molecule has 1 atom stereocenters. The largest absolute Gasteiger partial charge is 0.329 e. The minimum Gasteiger partial charge on any atom is -0.329 e. The molecule has 0 unspecified atom stereocenters. The van der Waals surface area contributed by atoms with Crippen LogP contribution in [0.4, 0.5) is 4.39 Å². The molecule has 0 bridgehead atoms. The second-order valence-electron chi connectivity index (χ2n) is 4.02. The zero-order chi connectivity index (χ0) is 12.3. The Morgan fingerprint density at radius 2 is 2.12 bits per heavy atom. The van der Waals surface area contributed by atoms with Crippen molar-refractivity contribution in [2.45, 2.75) is 19.8 Å². The Morgan fingerprint density at radius 1 is 1.50 bits per heavy atom. The lowest BCUT2D eigenvalue weighted by molar-refractivity contribution is -0.123. The van der Waals surface area contributed by atoms with Crippen LogP contribution in [0.15, 0.2) is 18.2 Å². The number of benzene rings is 1. The van der Waals surface area contributed by atoms with Crippen molar-refractivity contribution in [2.24, 2.45) is 11.7 Å². The summed E-state index contributed by atoms with van der Waals surface area (Å²) in [6, 6.07) is 4.37. The van der Waals surface area contributed by atoms with E-state index in [9.17, 15) is 9.18 Å². The third-order valence-electron chi connectivity index (χ3n) is 2.49. The van der Waals surface area contributed by atoms with E-state index in [-0.39, 0.29) is 23.3 Å². The van der Waals surface area contributed by atoms with Gasteiger partial charge in [0, 0.05) is 12.5 Å². The lowest BCUT2D eigenvalue weighted by atomic mass is 9.89. The molecular formula is C12H15ClFNO. The molecule has 4 heteroatoms. The highest BCUT2D eigenvalue weighted by molar-refractivity contribution is 6.30. The van der Waals surface area contributed by atoms with E-state index >= 15 is 0 Å². The van der Waals surface area contributed by atoms with Crippen LogP contribution >= 0.6 is 11.6 Å². The molecule has 0 aliphatic rings. The van der Waals surface area contributed by atoms with Crippen LogP contribution in [0.3, 0.4) is 0 Å². The van der Waals surface area contributed by atoms with Crippen LogP contribution in [-0.4, -0.2) is 12.3 Å². The van der Waals surface area contributed by atoms with E-state index in [0.29, 0.717) is 5.56 Å². The first-order valence-electron chi connectivity index (χ1n) is 5.16.